The van der Waals surface area contributed by atoms with Crippen LogP contribution in [-0.2, 0) is 0 Å². The van der Waals surface area contributed by atoms with Crippen molar-refractivity contribution in [3.05, 3.63) is 35.1 Å². The van der Waals surface area contributed by atoms with Gasteiger partial charge in [-0.05, 0) is 68.1 Å². The molecule has 0 aliphatic heterocycles. The lowest BCUT2D eigenvalue weighted by Crippen LogP contribution is -2.13. The molecule has 2 rings (SSSR count). The van der Waals surface area contributed by atoms with Gasteiger partial charge in [-0.25, -0.2) is 4.39 Å². The van der Waals surface area contributed by atoms with Crippen LogP contribution in [-0.4, -0.2) is 6.67 Å². The minimum Gasteiger partial charge on any atom is -0.251 e. The molecule has 1 aliphatic rings. The minimum atomic E-state index is -0.163. The third-order valence-corrected chi connectivity index (χ3v) is 5.26. The van der Waals surface area contributed by atoms with Crippen molar-refractivity contribution in [1.82, 2.24) is 0 Å². The number of hydrogen-bond donors (Lipinski definition) is 0. The predicted molar refractivity (Wildman–Crippen MR) is 89.5 cm³/mol. The highest BCUT2D eigenvalue weighted by atomic mass is 19.1. The molecule has 22 heavy (non-hydrogen) atoms. The van der Waals surface area contributed by atoms with Gasteiger partial charge in [-0.1, -0.05) is 44.2 Å². The van der Waals surface area contributed by atoms with E-state index in [1.807, 2.05) is 13.0 Å². The Balaban J connectivity index is 1.66. The van der Waals surface area contributed by atoms with Gasteiger partial charge in [0.05, 0.1) is 6.67 Å². The molecule has 1 fully saturated rings. The van der Waals surface area contributed by atoms with E-state index in [2.05, 4.69) is 6.07 Å². The molecular weight excluding hydrogens is 278 g/mol. The molecule has 124 valence electrons. The number of hydrogen-bond acceptors (Lipinski definition) is 0. The summed E-state index contributed by atoms with van der Waals surface area (Å²) in [7, 11) is 0. The molecule has 0 spiro atoms. The summed E-state index contributed by atoms with van der Waals surface area (Å²) in [6.07, 6.45) is 11.8. The second-order valence-electron chi connectivity index (χ2n) is 6.97. The summed E-state index contributed by atoms with van der Waals surface area (Å²) in [6.45, 7) is 1.66. The SMILES string of the molecule is Cc1ccc(C2CCC(CCCCCCCF)CC2)cc1F. The Morgan fingerprint density at radius 1 is 0.955 bits per heavy atom. The monoisotopic (exact) mass is 308 g/mol. The Morgan fingerprint density at radius 3 is 2.32 bits per heavy atom. The van der Waals surface area contributed by atoms with Crippen LogP contribution >= 0.6 is 0 Å². The number of aryl methyl sites for hydroxylation is 1. The Bertz CT molecular complexity index is 433. The van der Waals surface area contributed by atoms with E-state index in [9.17, 15) is 8.78 Å². The molecule has 1 aromatic carbocycles. The van der Waals surface area contributed by atoms with E-state index in [-0.39, 0.29) is 12.5 Å². The summed E-state index contributed by atoms with van der Waals surface area (Å²) >= 11 is 0. The summed E-state index contributed by atoms with van der Waals surface area (Å²) in [6, 6.07) is 5.76. The highest BCUT2D eigenvalue weighted by Gasteiger charge is 2.22. The van der Waals surface area contributed by atoms with E-state index in [1.165, 1.54) is 56.9 Å². The van der Waals surface area contributed by atoms with Crippen LogP contribution in [0.2, 0.25) is 0 Å². The van der Waals surface area contributed by atoms with Gasteiger partial charge in [-0.2, -0.15) is 0 Å². The second kappa shape index (κ2) is 9.27. The van der Waals surface area contributed by atoms with Gasteiger partial charge in [0, 0.05) is 0 Å². The largest absolute Gasteiger partial charge is 0.251 e. The van der Waals surface area contributed by atoms with Gasteiger partial charge in [0.1, 0.15) is 5.82 Å². The first-order valence-corrected chi connectivity index (χ1v) is 9.02. The number of alkyl halides is 1. The molecule has 1 aliphatic carbocycles. The molecule has 1 saturated carbocycles. The number of benzene rings is 1. The van der Waals surface area contributed by atoms with Crippen LogP contribution in [0.3, 0.4) is 0 Å². The Labute approximate surface area is 134 Å². The normalized spacial score (nSPS) is 22.0. The molecule has 0 bridgehead atoms. The molecule has 0 amide bonds. The fourth-order valence-corrected chi connectivity index (χ4v) is 3.71. The van der Waals surface area contributed by atoms with Crippen molar-refractivity contribution in [2.24, 2.45) is 5.92 Å². The first-order valence-electron chi connectivity index (χ1n) is 9.02. The molecule has 0 unspecified atom stereocenters. The molecular formula is C20H30F2. The summed E-state index contributed by atoms with van der Waals surface area (Å²) in [5.74, 6) is 1.34. The van der Waals surface area contributed by atoms with E-state index < -0.39 is 0 Å². The lowest BCUT2D eigenvalue weighted by Gasteiger charge is -2.29. The number of rotatable bonds is 8. The van der Waals surface area contributed by atoms with Crippen LogP contribution in [0.15, 0.2) is 18.2 Å². The second-order valence-corrected chi connectivity index (χ2v) is 6.97. The highest BCUT2D eigenvalue weighted by Crippen LogP contribution is 2.38. The molecule has 0 heterocycles. The molecule has 0 atom stereocenters. The Morgan fingerprint density at radius 2 is 1.64 bits per heavy atom. The van der Waals surface area contributed by atoms with Crippen LogP contribution in [0.1, 0.15) is 81.3 Å². The van der Waals surface area contributed by atoms with Crippen molar-refractivity contribution >= 4 is 0 Å². The Hall–Kier alpha value is -0.920. The van der Waals surface area contributed by atoms with Crippen molar-refractivity contribution in [2.75, 3.05) is 6.67 Å². The first kappa shape index (κ1) is 17.4. The maximum absolute atomic E-state index is 13.7. The maximum Gasteiger partial charge on any atom is 0.126 e. The van der Waals surface area contributed by atoms with Crippen LogP contribution in [0.5, 0.6) is 0 Å². The summed E-state index contributed by atoms with van der Waals surface area (Å²) in [4.78, 5) is 0. The smallest absolute Gasteiger partial charge is 0.126 e. The van der Waals surface area contributed by atoms with Crippen LogP contribution in [0.4, 0.5) is 8.78 Å². The van der Waals surface area contributed by atoms with Gasteiger partial charge in [0.15, 0.2) is 0 Å². The van der Waals surface area contributed by atoms with Crippen molar-refractivity contribution in [1.29, 1.82) is 0 Å². The number of unbranched alkanes of at least 4 members (excludes halogenated alkanes) is 4. The van der Waals surface area contributed by atoms with Gasteiger partial charge in [-0.15, -0.1) is 0 Å². The summed E-state index contributed by atoms with van der Waals surface area (Å²) in [5.41, 5.74) is 1.93. The van der Waals surface area contributed by atoms with Gasteiger partial charge >= 0.3 is 0 Å². The average molecular weight is 308 g/mol. The van der Waals surface area contributed by atoms with Gasteiger partial charge in [0.25, 0.3) is 0 Å². The van der Waals surface area contributed by atoms with Crippen molar-refractivity contribution in [3.63, 3.8) is 0 Å². The lowest BCUT2D eigenvalue weighted by atomic mass is 9.77. The third-order valence-electron chi connectivity index (χ3n) is 5.26. The predicted octanol–water partition coefficient (Wildman–Crippen LogP) is 6.72. The van der Waals surface area contributed by atoms with Crippen molar-refractivity contribution < 1.29 is 8.78 Å². The molecule has 1 aromatic rings. The molecule has 2 heteroatoms. The van der Waals surface area contributed by atoms with Gasteiger partial charge in [-0.3, -0.25) is 4.39 Å². The quantitative estimate of drug-likeness (QED) is 0.468. The van der Waals surface area contributed by atoms with Crippen LogP contribution in [0, 0.1) is 18.7 Å². The van der Waals surface area contributed by atoms with E-state index in [1.54, 1.807) is 6.07 Å². The average Bonchev–Trinajstić information content (AvgIpc) is 2.54. The van der Waals surface area contributed by atoms with E-state index in [0.717, 1.165) is 24.3 Å². The zero-order valence-corrected chi connectivity index (χ0v) is 13.9. The van der Waals surface area contributed by atoms with Gasteiger partial charge < -0.3 is 0 Å². The molecule has 0 aromatic heterocycles. The summed E-state index contributed by atoms with van der Waals surface area (Å²) in [5, 5.41) is 0. The van der Waals surface area contributed by atoms with E-state index >= 15 is 0 Å². The van der Waals surface area contributed by atoms with Crippen LogP contribution < -0.4 is 0 Å². The molecule has 0 radical (unpaired) electrons. The number of halogens is 2. The molecule has 0 nitrogen and oxygen atoms in total. The highest BCUT2D eigenvalue weighted by molar-refractivity contribution is 5.26. The zero-order valence-electron chi connectivity index (χ0n) is 13.9. The molecule has 0 saturated heterocycles. The lowest BCUT2D eigenvalue weighted by molar-refractivity contribution is 0.301. The van der Waals surface area contributed by atoms with Crippen molar-refractivity contribution in [3.8, 4) is 0 Å². The topological polar surface area (TPSA) is 0 Å². The standard InChI is InChI=1S/C20H30F2/c1-16-8-11-19(15-20(16)22)18-12-9-17(10-13-18)7-5-3-2-4-6-14-21/h8,11,15,17-18H,2-7,9-10,12-14H2,1H3. The molecule has 0 N–H and O–H groups in total. The first-order chi connectivity index (χ1) is 10.7. The minimum absolute atomic E-state index is 0.0621. The van der Waals surface area contributed by atoms with Crippen molar-refractivity contribution in [2.45, 2.75) is 77.0 Å². The van der Waals surface area contributed by atoms with E-state index in [4.69, 9.17) is 0 Å². The zero-order chi connectivity index (χ0) is 15.8. The van der Waals surface area contributed by atoms with Gasteiger partial charge in [0.2, 0.25) is 0 Å². The fourth-order valence-electron chi connectivity index (χ4n) is 3.71. The third kappa shape index (κ3) is 5.37. The van der Waals surface area contributed by atoms with E-state index in [0.29, 0.717) is 5.92 Å². The maximum atomic E-state index is 13.7. The fraction of sp³-hybridized carbons (Fsp3) is 0.700. The summed E-state index contributed by atoms with van der Waals surface area (Å²) < 4.78 is 25.7. The Kier molecular flexibility index (Phi) is 7.35. The van der Waals surface area contributed by atoms with Crippen LogP contribution in [0.25, 0.3) is 0 Å².